The number of carbonyl (C=O) groups is 2. The van der Waals surface area contributed by atoms with Gasteiger partial charge in [0.15, 0.2) is 0 Å². The first kappa shape index (κ1) is 14.4. The Labute approximate surface area is 111 Å². The molecule has 0 spiro atoms. The fourth-order valence-electron chi connectivity index (χ4n) is 1.34. The van der Waals surface area contributed by atoms with E-state index in [4.69, 9.17) is 0 Å². The summed E-state index contributed by atoms with van der Waals surface area (Å²) in [5, 5.41) is 7.26. The van der Waals surface area contributed by atoms with Crippen molar-refractivity contribution in [2.75, 3.05) is 6.54 Å². The molecule has 1 aromatic rings. The van der Waals surface area contributed by atoms with Crippen LogP contribution in [-0.2, 0) is 4.79 Å². The Hall–Kier alpha value is -1.62. The highest BCUT2D eigenvalue weighted by molar-refractivity contribution is 7.12. The molecule has 1 aromatic heterocycles. The maximum absolute atomic E-state index is 11.7. The van der Waals surface area contributed by atoms with Crippen molar-refractivity contribution in [3.8, 4) is 0 Å². The second-order valence-corrected chi connectivity index (χ2v) is 4.77. The molecule has 1 rings (SSSR count). The van der Waals surface area contributed by atoms with Gasteiger partial charge in [0, 0.05) is 6.54 Å². The highest BCUT2D eigenvalue weighted by atomic mass is 32.1. The van der Waals surface area contributed by atoms with Crippen molar-refractivity contribution >= 4 is 23.2 Å². The Morgan fingerprint density at radius 3 is 2.89 bits per heavy atom. The molecule has 0 aromatic carbocycles. The lowest BCUT2D eigenvalue weighted by Crippen LogP contribution is -2.44. The van der Waals surface area contributed by atoms with E-state index >= 15 is 0 Å². The van der Waals surface area contributed by atoms with Gasteiger partial charge >= 0.3 is 0 Å². The summed E-state index contributed by atoms with van der Waals surface area (Å²) in [7, 11) is 0. The van der Waals surface area contributed by atoms with Gasteiger partial charge < -0.3 is 10.6 Å². The van der Waals surface area contributed by atoms with Crippen LogP contribution in [0.1, 0.15) is 29.9 Å². The summed E-state index contributed by atoms with van der Waals surface area (Å²) in [4.78, 5) is 24.0. The van der Waals surface area contributed by atoms with Crippen LogP contribution >= 0.6 is 11.3 Å². The zero-order chi connectivity index (χ0) is 13.4. The maximum atomic E-state index is 11.7. The molecule has 1 heterocycles. The number of amides is 2. The van der Waals surface area contributed by atoms with Crippen LogP contribution in [0.5, 0.6) is 0 Å². The van der Waals surface area contributed by atoms with E-state index in [1.54, 1.807) is 19.1 Å². The zero-order valence-corrected chi connectivity index (χ0v) is 11.4. The van der Waals surface area contributed by atoms with Crippen LogP contribution in [-0.4, -0.2) is 24.4 Å². The zero-order valence-electron chi connectivity index (χ0n) is 10.6. The van der Waals surface area contributed by atoms with E-state index < -0.39 is 6.04 Å². The molecular weight excluding hydrogens is 248 g/mol. The van der Waals surface area contributed by atoms with Gasteiger partial charge in [-0.2, -0.15) is 0 Å². The molecule has 2 amide bonds. The Morgan fingerprint density at radius 1 is 1.50 bits per heavy atom. The van der Waals surface area contributed by atoms with Crippen LogP contribution in [0.25, 0.3) is 0 Å². The van der Waals surface area contributed by atoms with Crippen molar-refractivity contribution in [3.05, 3.63) is 34.5 Å². The van der Waals surface area contributed by atoms with Crippen molar-refractivity contribution in [2.45, 2.75) is 26.3 Å². The first-order valence-corrected chi connectivity index (χ1v) is 6.76. The Bertz CT molecular complexity index is 413. The van der Waals surface area contributed by atoms with Crippen LogP contribution < -0.4 is 10.6 Å². The topological polar surface area (TPSA) is 58.2 Å². The van der Waals surface area contributed by atoms with Gasteiger partial charge in [-0.05, 0) is 31.7 Å². The van der Waals surface area contributed by atoms with Crippen molar-refractivity contribution in [1.82, 2.24) is 10.6 Å². The van der Waals surface area contributed by atoms with E-state index in [9.17, 15) is 9.59 Å². The Morgan fingerprint density at radius 2 is 2.28 bits per heavy atom. The molecule has 0 saturated heterocycles. The predicted molar refractivity (Wildman–Crippen MR) is 73.7 cm³/mol. The summed E-state index contributed by atoms with van der Waals surface area (Å²) < 4.78 is 0. The van der Waals surface area contributed by atoms with Gasteiger partial charge in [0.1, 0.15) is 6.04 Å². The lowest BCUT2D eigenvalue weighted by molar-refractivity contribution is -0.122. The Kier molecular flexibility index (Phi) is 6.14. The quantitative estimate of drug-likeness (QED) is 0.611. The van der Waals surface area contributed by atoms with E-state index in [0.717, 1.165) is 6.42 Å². The molecule has 0 aliphatic rings. The van der Waals surface area contributed by atoms with Crippen molar-refractivity contribution < 1.29 is 9.59 Å². The molecule has 0 bridgehead atoms. The molecular formula is C13H18N2O2S. The molecule has 0 aliphatic carbocycles. The van der Waals surface area contributed by atoms with Gasteiger partial charge in [0.25, 0.3) is 5.91 Å². The minimum absolute atomic E-state index is 0.163. The second-order valence-electron chi connectivity index (χ2n) is 3.82. The molecule has 0 fully saturated rings. The smallest absolute Gasteiger partial charge is 0.261 e. The molecule has 0 radical (unpaired) electrons. The Balaban J connectivity index is 2.33. The lowest BCUT2D eigenvalue weighted by atomic mass is 10.3. The average Bonchev–Trinajstić information content (AvgIpc) is 2.88. The monoisotopic (exact) mass is 266 g/mol. The third-order valence-corrected chi connectivity index (χ3v) is 3.20. The molecule has 5 heteroatoms. The summed E-state index contributed by atoms with van der Waals surface area (Å²) >= 11 is 1.36. The van der Waals surface area contributed by atoms with Crippen LogP contribution in [0.15, 0.2) is 29.7 Å². The lowest BCUT2D eigenvalue weighted by Gasteiger charge is -2.13. The van der Waals surface area contributed by atoms with Crippen LogP contribution in [0.2, 0.25) is 0 Å². The van der Waals surface area contributed by atoms with Gasteiger partial charge in [-0.1, -0.05) is 18.2 Å². The fourth-order valence-corrected chi connectivity index (χ4v) is 1.97. The molecule has 0 saturated carbocycles. The molecule has 1 atom stereocenters. The van der Waals surface area contributed by atoms with Crippen molar-refractivity contribution in [3.63, 3.8) is 0 Å². The second kappa shape index (κ2) is 7.66. The van der Waals surface area contributed by atoms with E-state index in [1.807, 2.05) is 24.5 Å². The number of hydrogen-bond donors (Lipinski definition) is 2. The largest absolute Gasteiger partial charge is 0.354 e. The van der Waals surface area contributed by atoms with Gasteiger partial charge in [-0.25, -0.2) is 0 Å². The summed E-state index contributed by atoms with van der Waals surface area (Å²) in [6, 6.07) is 3.02. The molecule has 0 aliphatic heterocycles. The minimum atomic E-state index is -0.523. The van der Waals surface area contributed by atoms with Crippen LogP contribution in [0.3, 0.4) is 0 Å². The van der Waals surface area contributed by atoms with Gasteiger partial charge in [0.05, 0.1) is 4.88 Å². The third-order valence-electron chi connectivity index (χ3n) is 2.33. The normalized spacial score (nSPS) is 12.3. The first-order chi connectivity index (χ1) is 8.65. The summed E-state index contributed by atoms with van der Waals surface area (Å²) in [5.74, 6) is -0.370. The van der Waals surface area contributed by atoms with E-state index in [0.29, 0.717) is 11.4 Å². The molecule has 98 valence electrons. The van der Waals surface area contributed by atoms with Gasteiger partial charge in [-0.15, -0.1) is 11.3 Å². The van der Waals surface area contributed by atoms with E-state index in [2.05, 4.69) is 10.6 Å². The highest BCUT2D eigenvalue weighted by Gasteiger charge is 2.16. The predicted octanol–water partition coefficient (Wildman–Crippen LogP) is 1.95. The first-order valence-electron chi connectivity index (χ1n) is 5.88. The number of thiophene rings is 1. The summed E-state index contributed by atoms with van der Waals surface area (Å²) in [5.41, 5.74) is 0. The van der Waals surface area contributed by atoms with E-state index in [1.165, 1.54) is 11.3 Å². The maximum Gasteiger partial charge on any atom is 0.261 e. The molecule has 18 heavy (non-hydrogen) atoms. The van der Waals surface area contributed by atoms with Crippen LogP contribution in [0, 0.1) is 0 Å². The highest BCUT2D eigenvalue weighted by Crippen LogP contribution is 2.07. The number of allylic oxidation sites excluding steroid dienone is 1. The van der Waals surface area contributed by atoms with Crippen LogP contribution in [0.4, 0.5) is 0 Å². The number of rotatable bonds is 6. The number of nitrogens with one attached hydrogen (secondary N) is 2. The van der Waals surface area contributed by atoms with Crippen molar-refractivity contribution in [1.29, 1.82) is 0 Å². The van der Waals surface area contributed by atoms with Crippen molar-refractivity contribution in [2.24, 2.45) is 0 Å². The van der Waals surface area contributed by atoms with E-state index in [-0.39, 0.29) is 11.8 Å². The van der Waals surface area contributed by atoms with Gasteiger partial charge in [-0.3, -0.25) is 9.59 Å². The SMILES string of the molecule is C/C=C/CCNC(=O)C(C)NC(=O)c1cccs1. The minimum Gasteiger partial charge on any atom is -0.354 e. The summed E-state index contributed by atoms with van der Waals surface area (Å²) in [6.45, 7) is 4.20. The number of hydrogen-bond acceptors (Lipinski definition) is 3. The summed E-state index contributed by atoms with van der Waals surface area (Å²) in [6.07, 6.45) is 4.72. The fraction of sp³-hybridized carbons (Fsp3) is 0.385. The molecule has 2 N–H and O–H groups in total. The third kappa shape index (κ3) is 4.71. The number of carbonyl (C=O) groups excluding carboxylic acids is 2. The standard InChI is InChI=1S/C13H18N2O2S/c1-3-4-5-8-14-12(16)10(2)15-13(17)11-7-6-9-18-11/h3-4,6-7,9-10H,5,8H2,1-2H3,(H,14,16)(H,15,17)/b4-3+. The van der Waals surface area contributed by atoms with Gasteiger partial charge in [0.2, 0.25) is 5.91 Å². The molecule has 4 nitrogen and oxygen atoms in total. The average molecular weight is 266 g/mol. The molecule has 1 unspecified atom stereocenters.